The number of pyridine rings is 1. The maximum atomic E-state index is 12.4. The van der Waals surface area contributed by atoms with Crippen LogP contribution in [0.25, 0.3) is 10.9 Å². The first-order chi connectivity index (χ1) is 9.54. The van der Waals surface area contributed by atoms with Crippen molar-refractivity contribution in [1.82, 2.24) is 9.97 Å². The van der Waals surface area contributed by atoms with E-state index < -0.39 is 11.9 Å². The molecular weight excluding hydrogens is 265 g/mol. The fourth-order valence-electron chi connectivity index (χ4n) is 2.19. The number of aromatic amines is 1. The lowest BCUT2D eigenvalue weighted by molar-refractivity contribution is -0.141. The first kappa shape index (κ1) is 12.7. The number of hydrogen-bond acceptors (Lipinski definition) is 1. The Kier molecular flexibility index (Phi) is 2.97. The molecule has 0 saturated heterocycles. The van der Waals surface area contributed by atoms with Crippen molar-refractivity contribution in [2.24, 2.45) is 0 Å². The van der Waals surface area contributed by atoms with Crippen LogP contribution < -0.4 is 0 Å². The highest BCUT2D eigenvalue weighted by molar-refractivity contribution is 5.83. The van der Waals surface area contributed by atoms with Gasteiger partial charge in [-0.1, -0.05) is 24.3 Å². The van der Waals surface area contributed by atoms with Crippen molar-refractivity contribution in [3.8, 4) is 0 Å². The van der Waals surface area contributed by atoms with Gasteiger partial charge in [0.05, 0.1) is 0 Å². The molecule has 0 aliphatic rings. The minimum absolute atomic E-state index is 0.551. The van der Waals surface area contributed by atoms with E-state index in [1.165, 1.54) is 12.3 Å². The molecule has 0 atom stereocenters. The molecule has 0 aliphatic heterocycles. The molecule has 0 spiro atoms. The molecule has 0 saturated carbocycles. The number of rotatable bonds is 2. The highest BCUT2D eigenvalue weighted by atomic mass is 19.4. The van der Waals surface area contributed by atoms with E-state index in [2.05, 4.69) is 9.97 Å². The SMILES string of the molecule is FC(F)(F)c1ccc(Cc2c[nH]c3ccccc23)cn1. The quantitative estimate of drug-likeness (QED) is 0.747. The average molecular weight is 276 g/mol. The Labute approximate surface area is 113 Å². The number of alkyl halides is 3. The lowest BCUT2D eigenvalue weighted by Crippen LogP contribution is -2.07. The van der Waals surface area contributed by atoms with Gasteiger partial charge in [0.25, 0.3) is 0 Å². The van der Waals surface area contributed by atoms with Crippen LogP contribution in [0.4, 0.5) is 13.2 Å². The van der Waals surface area contributed by atoms with E-state index in [-0.39, 0.29) is 0 Å². The topological polar surface area (TPSA) is 28.7 Å². The van der Waals surface area contributed by atoms with E-state index >= 15 is 0 Å². The van der Waals surface area contributed by atoms with Gasteiger partial charge in [0.2, 0.25) is 0 Å². The summed E-state index contributed by atoms with van der Waals surface area (Å²) >= 11 is 0. The zero-order valence-electron chi connectivity index (χ0n) is 10.4. The summed E-state index contributed by atoms with van der Waals surface area (Å²) in [6.45, 7) is 0. The van der Waals surface area contributed by atoms with Gasteiger partial charge in [0.1, 0.15) is 5.69 Å². The summed E-state index contributed by atoms with van der Waals surface area (Å²) in [4.78, 5) is 6.62. The van der Waals surface area contributed by atoms with Crippen molar-refractivity contribution in [1.29, 1.82) is 0 Å². The van der Waals surface area contributed by atoms with Gasteiger partial charge in [0.15, 0.2) is 0 Å². The van der Waals surface area contributed by atoms with Gasteiger partial charge in [-0.05, 0) is 23.3 Å². The summed E-state index contributed by atoms with van der Waals surface area (Å²) in [6.07, 6.45) is -0.679. The third-order valence-electron chi connectivity index (χ3n) is 3.18. The maximum Gasteiger partial charge on any atom is 0.433 e. The van der Waals surface area contributed by atoms with E-state index in [1.54, 1.807) is 0 Å². The van der Waals surface area contributed by atoms with Crippen LogP contribution in [0.1, 0.15) is 16.8 Å². The van der Waals surface area contributed by atoms with E-state index in [0.29, 0.717) is 6.42 Å². The first-order valence-corrected chi connectivity index (χ1v) is 6.11. The predicted octanol–water partition coefficient (Wildman–Crippen LogP) is 4.17. The normalized spacial score (nSPS) is 11.9. The molecule has 1 aromatic carbocycles. The number of H-pyrrole nitrogens is 1. The van der Waals surface area contributed by atoms with Gasteiger partial charge in [-0.15, -0.1) is 0 Å². The second-order valence-electron chi connectivity index (χ2n) is 4.59. The summed E-state index contributed by atoms with van der Waals surface area (Å²) in [5.74, 6) is 0. The molecule has 102 valence electrons. The summed E-state index contributed by atoms with van der Waals surface area (Å²) in [7, 11) is 0. The molecule has 1 N–H and O–H groups in total. The number of nitrogens with one attached hydrogen (secondary N) is 1. The number of hydrogen-bond donors (Lipinski definition) is 1. The van der Waals surface area contributed by atoms with Crippen molar-refractivity contribution in [3.05, 3.63) is 65.6 Å². The summed E-state index contributed by atoms with van der Waals surface area (Å²) in [5.41, 5.74) is 1.95. The highest BCUT2D eigenvalue weighted by Crippen LogP contribution is 2.28. The van der Waals surface area contributed by atoms with Crippen LogP contribution in [0.2, 0.25) is 0 Å². The molecule has 0 fully saturated rings. The average Bonchev–Trinajstić information content (AvgIpc) is 2.82. The Hall–Kier alpha value is -2.30. The molecule has 0 amide bonds. The second-order valence-corrected chi connectivity index (χ2v) is 4.59. The third-order valence-corrected chi connectivity index (χ3v) is 3.18. The zero-order chi connectivity index (χ0) is 14.2. The Morgan fingerprint density at radius 3 is 2.55 bits per heavy atom. The fourth-order valence-corrected chi connectivity index (χ4v) is 2.19. The largest absolute Gasteiger partial charge is 0.433 e. The van der Waals surface area contributed by atoms with Crippen molar-refractivity contribution in [2.75, 3.05) is 0 Å². The molecule has 3 aromatic rings. The van der Waals surface area contributed by atoms with Crippen molar-refractivity contribution < 1.29 is 13.2 Å². The van der Waals surface area contributed by atoms with E-state index in [4.69, 9.17) is 0 Å². The van der Waals surface area contributed by atoms with E-state index in [9.17, 15) is 13.2 Å². The first-order valence-electron chi connectivity index (χ1n) is 6.11. The van der Waals surface area contributed by atoms with Crippen LogP contribution in [0.5, 0.6) is 0 Å². The summed E-state index contributed by atoms with van der Waals surface area (Å²) in [5, 5.41) is 1.08. The van der Waals surface area contributed by atoms with Crippen molar-refractivity contribution >= 4 is 10.9 Å². The van der Waals surface area contributed by atoms with Crippen LogP contribution in [-0.2, 0) is 12.6 Å². The van der Waals surface area contributed by atoms with Crippen LogP contribution in [0.3, 0.4) is 0 Å². The van der Waals surface area contributed by atoms with Crippen molar-refractivity contribution in [2.45, 2.75) is 12.6 Å². The van der Waals surface area contributed by atoms with Gasteiger partial charge >= 0.3 is 6.18 Å². The Balaban J connectivity index is 1.88. The standard InChI is InChI=1S/C15H11F3N2/c16-15(17,18)14-6-5-10(8-20-14)7-11-9-19-13-4-2-1-3-12(11)13/h1-6,8-9,19H,7H2. The number of para-hydroxylation sites is 1. The molecule has 0 unspecified atom stereocenters. The minimum Gasteiger partial charge on any atom is -0.361 e. The minimum atomic E-state index is -4.39. The van der Waals surface area contributed by atoms with Crippen molar-refractivity contribution in [3.63, 3.8) is 0 Å². The number of benzene rings is 1. The molecule has 2 aromatic heterocycles. The molecule has 2 heterocycles. The second kappa shape index (κ2) is 4.67. The fraction of sp³-hybridized carbons (Fsp3) is 0.133. The monoisotopic (exact) mass is 276 g/mol. The lowest BCUT2D eigenvalue weighted by Gasteiger charge is -2.06. The van der Waals surface area contributed by atoms with Crippen LogP contribution in [-0.4, -0.2) is 9.97 Å². The highest BCUT2D eigenvalue weighted by Gasteiger charge is 2.31. The number of fused-ring (bicyclic) bond motifs is 1. The maximum absolute atomic E-state index is 12.4. The smallest absolute Gasteiger partial charge is 0.361 e. The lowest BCUT2D eigenvalue weighted by atomic mass is 10.1. The Bertz CT molecular complexity index is 727. The molecule has 0 radical (unpaired) electrons. The van der Waals surface area contributed by atoms with Gasteiger partial charge in [-0.25, -0.2) is 0 Å². The van der Waals surface area contributed by atoms with Gasteiger partial charge in [0, 0.05) is 29.7 Å². The molecule has 3 rings (SSSR count). The van der Waals surface area contributed by atoms with Crippen LogP contribution in [0.15, 0.2) is 48.8 Å². The summed E-state index contributed by atoms with van der Waals surface area (Å²) < 4.78 is 37.3. The van der Waals surface area contributed by atoms with Gasteiger partial charge < -0.3 is 4.98 Å². The molecule has 2 nitrogen and oxygen atoms in total. The molecule has 20 heavy (non-hydrogen) atoms. The Morgan fingerprint density at radius 1 is 1.05 bits per heavy atom. The predicted molar refractivity (Wildman–Crippen MR) is 70.3 cm³/mol. The number of nitrogens with zero attached hydrogens (tertiary/aromatic N) is 1. The Morgan fingerprint density at radius 2 is 1.85 bits per heavy atom. The van der Waals surface area contributed by atoms with Crippen LogP contribution in [0, 0.1) is 0 Å². The molecular formula is C15H11F3N2. The molecule has 0 aliphatic carbocycles. The molecule has 5 heteroatoms. The van der Waals surface area contributed by atoms with E-state index in [0.717, 1.165) is 28.1 Å². The van der Waals surface area contributed by atoms with Crippen LogP contribution >= 0.6 is 0 Å². The van der Waals surface area contributed by atoms with E-state index in [1.807, 2.05) is 30.5 Å². The third kappa shape index (κ3) is 2.39. The number of halogens is 3. The van der Waals surface area contributed by atoms with Gasteiger partial charge in [-0.2, -0.15) is 13.2 Å². The number of aromatic nitrogens is 2. The molecule has 0 bridgehead atoms. The summed E-state index contributed by atoms with van der Waals surface area (Å²) in [6, 6.07) is 10.3. The zero-order valence-corrected chi connectivity index (χ0v) is 10.4. The van der Waals surface area contributed by atoms with Gasteiger partial charge in [-0.3, -0.25) is 4.98 Å².